The smallest absolute Gasteiger partial charge is 0.338 e. The average Bonchev–Trinajstić information content (AvgIpc) is 3.53. The first-order chi connectivity index (χ1) is 38.3. The number of carbonyl (C=O) groups excluding carboxylic acids is 7. The first-order valence-corrected chi connectivity index (χ1v) is 29.6. The van der Waals surface area contributed by atoms with Gasteiger partial charge in [0.15, 0.2) is 0 Å². The van der Waals surface area contributed by atoms with Gasteiger partial charge in [0, 0.05) is 69.9 Å². The van der Waals surface area contributed by atoms with E-state index in [4.69, 9.17) is 4.74 Å². The van der Waals surface area contributed by atoms with Gasteiger partial charge in [-0.3, -0.25) is 28.8 Å². The summed E-state index contributed by atoms with van der Waals surface area (Å²) in [6.45, 7) is -0.443. The van der Waals surface area contributed by atoms with Crippen LogP contribution in [0.1, 0.15) is 98.5 Å². The van der Waals surface area contributed by atoms with Crippen molar-refractivity contribution in [1.82, 2.24) is 30.7 Å². The Morgan fingerprint density at radius 1 is 0.443 bits per heavy atom. The van der Waals surface area contributed by atoms with E-state index in [1.807, 2.05) is 109 Å². The summed E-state index contributed by atoms with van der Waals surface area (Å²) in [7, 11) is 4.24. The summed E-state index contributed by atoms with van der Waals surface area (Å²) in [6, 6.07) is 42.9. The predicted octanol–water partition coefficient (Wildman–Crippen LogP) is 6.61. The van der Waals surface area contributed by atoms with Gasteiger partial charge in [0.25, 0.3) is 0 Å². The van der Waals surface area contributed by atoms with E-state index in [1.165, 1.54) is 0 Å². The number of ether oxygens (including phenoxy) is 1. The van der Waals surface area contributed by atoms with Crippen LogP contribution in [-0.4, -0.2) is 120 Å². The van der Waals surface area contributed by atoms with Crippen molar-refractivity contribution in [1.29, 1.82) is 0 Å². The van der Waals surface area contributed by atoms with Crippen molar-refractivity contribution in [3.05, 3.63) is 162 Å². The van der Waals surface area contributed by atoms with Gasteiger partial charge in [0.1, 0.15) is 24.7 Å². The number of nitrogens with one attached hydrogen (secondary N) is 3. The molecule has 3 saturated carbocycles. The van der Waals surface area contributed by atoms with Gasteiger partial charge in [-0.2, -0.15) is 0 Å². The van der Waals surface area contributed by atoms with Gasteiger partial charge in [-0.1, -0.05) is 153 Å². The molecule has 15 heteroatoms. The predicted molar refractivity (Wildman–Crippen MR) is 307 cm³/mol. The van der Waals surface area contributed by atoms with Gasteiger partial charge in [-0.15, -0.1) is 0 Å². The summed E-state index contributed by atoms with van der Waals surface area (Å²) in [5.74, 6) is -4.08. The molecule has 6 amide bonds. The van der Waals surface area contributed by atoms with Gasteiger partial charge in [0.05, 0.1) is 5.56 Å². The van der Waals surface area contributed by atoms with Crippen LogP contribution in [0, 0.1) is 17.8 Å². The SMILES string of the molecule is CN1C(=O)[C@H](COC(=O)c2ccc(P(c3ccccc3)c3ccccc3)cc2)NC(=O)[C@H]2CCC[C@H](C2)N(C)C(=O)[C@H](Cc2ccccc2)NC(=O)[C@H]2CCC[C@H](C2)N(C)C(=O)[C@H](Cc2ccccc2)NC(=O)[C@H]2CCC[C@@H]1C2. The van der Waals surface area contributed by atoms with E-state index in [0.717, 1.165) is 27.0 Å². The van der Waals surface area contributed by atoms with Crippen molar-refractivity contribution < 1.29 is 38.3 Å². The molecule has 9 rings (SSSR count). The molecule has 3 N–H and O–H groups in total. The van der Waals surface area contributed by atoms with E-state index in [0.29, 0.717) is 82.6 Å². The third-order valence-corrected chi connectivity index (χ3v) is 19.4. The summed E-state index contributed by atoms with van der Waals surface area (Å²) in [4.78, 5) is 107. The summed E-state index contributed by atoms with van der Waals surface area (Å²) in [6.07, 6.45) is 7.19. The van der Waals surface area contributed by atoms with Crippen LogP contribution in [0.15, 0.2) is 146 Å². The second kappa shape index (κ2) is 26.6. The molecule has 1 heterocycles. The first-order valence-electron chi connectivity index (χ1n) is 28.3. The number of rotatable bonds is 10. The molecule has 0 unspecified atom stereocenters. The minimum atomic E-state index is -1.27. The van der Waals surface area contributed by atoms with Crippen LogP contribution in [0.2, 0.25) is 0 Å². The highest BCUT2D eigenvalue weighted by molar-refractivity contribution is 7.79. The van der Waals surface area contributed by atoms with E-state index in [-0.39, 0.29) is 54.5 Å². The molecule has 0 aromatic heterocycles. The third kappa shape index (κ3) is 14.2. The van der Waals surface area contributed by atoms with Crippen molar-refractivity contribution >= 4 is 65.2 Å². The van der Waals surface area contributed by atoms with E-state index in [1.54, 1.807) is 48.0 Å². The molecular formula is C64H75N6O8P. The molecule has 3 aliphatic carbocycles. The molecule has 5 aromatic rings. The number of nitrogens with zero attached hydrogens (tertiary/aromatic N) is 3. The van der Waals surface area contributed by atoms with Crippen LogP contribution in [0.25, 0.3) is 0 Å². The van der Waals surface area contributed by atoms with Gasteiger partial charge >= 0.3 is 5.97 Å². The van der Waals surface area contributed by atoms with Crippen molar-refractivity contribution in [2.24, 2.45) is 17.8 Å². The number of amides is 6. The van der Waals surface area contributed by atoms with Gasteiger partial charge in [0.2, 0.25) is 35.4 Å². The lowest BCUT2D eigenvalue weighted by molar-refractivity contribution is -0.143. The van der Waals surface area contributed by atoms with Crippen LogP contribution >= 0.6 is 7.92 Å². The monoisotopic (exact) mass is 1090 g/mol. The number of hydrogen-bond acceptors (Lipinski definition) is 8. The van der Waals surface area contributed by atoms with Crippen molar-refractivity contribution in [3.63, 3.8) is 0 Å². The molecule has 14 nitrogen and oxygen atoms in total. The molecule has 1 aliphatic heterocycles. The fraction of sp³-hybridized carbons (Fsp3) is 0.422. The van der Waals surface area contributed by atoms with Crippen molar-refractivity contribution in [2.75, 3.05) is 27.7 Å². The molecule has 5 aromatic carbocycles. The number of fused-ring (bicyclic) bond motifs is 6. The summed E-state index contributed by atoms with van der Waals surface area (Å²) in [5.41, 5.74) is 2.05. The maximum absolute atomic E-state index is 14.9. The molecule has 4 fully saturated rings. The van der Waals surface area contributed by atoms with Crippen molar-refractivity contribution in [2.45, 2.75) is 126 Å². The molecule has 0 spiro atoms. The van der Waals surface area contributed by atoms with Gasteiger partial charge < -0.3 is 35.4 Å². The Bertz CT molecular complexity index is 2820. The van der Waals surface area contributed by atoms with E-state index >= 15 is 0 Å². The Balaban J connectivity index is 0.990. The first kappa shape index (κ1) is 56.5. The summed E-state index contributed by atoms with van der Waals surface area (Å²) >= 11 is 0. The third-order valence-electron chi connectivity index (χ3n) is 16.9. The normalized spacial score (nSPS) is 25.9. The lowest BCUT2D eigenvalue weighted by Gasteiger charge is -2.39. The maximum Gasteiger partial charge on any atom is 0.338 e. The van der Waals surface area contributed by atoms with Crippen molar-refractivity contribution in [3.8, 4) is 0 Å². The largest absolute Gasteiger partial charge is 0.459 e. The van der Waals surface area contributed by atoms with Gasteiger partial charge in [-0.05, 0) is 105 Å². The van der Waals surface area contributed by atoms with Crippen LogP contribution < -0.4 is 31.9 Å². The molecule has 9 atom stereocenters. The summed E-state index contributed by atoms with van der Waals surface area (Å²) < 4.78 is 5.96. The second-order valence-corrected chi connectivity index (χ2v) is 24.3. The number of hydrogen-bond donors (Lipinski definition) is 3. The minimum Gasteiger partial charge on any atom is -0.459 e. The highest BCUT2D eigenvalue weighted by Gasteiger charge is 2.41. The highest BCUT2D eigenvalue weighted by atomic mass is 31.1. The lowest BCUT2D eigenvalue weighted by atomic mass is 9.83. The van der Waals surface area contributed by atoms with Crippen LogP contribution in [0.4, 0.5) is 0 Å². The molecular weight excluding hydrogens is 1010 g/mol. The van der Waals surface area contributed by atoms with E-state index < -0.39 is 68.3 Å². The zero-order chi connectivity index (χ0) is 55.4. The maximum atomic E-state index is 14.9. The summed E-state index contributed by atoms with van der Waals surface area (Å²) in [5, 5.41) is 12.7. The average molecular weight is 1090 g/mol. The Labute approximate surface area is 466 Å². The number of benzene rings is 5. The second-order valence-electron chi connectivity index (χ2n) is 22.1. The van der Waals surface area contributed by atoms with Crippen LogP contribution in [0.5, 0.6) is 0 Å². The number of carbonyl (C=O) groups is 7. The molecule has 414 valence electrons. The fourth-order valence-electron chi connectivity index (χ4n) is 12.3. The molecule has 4 aliphatic rings. The molecule has 0 radical (unpaired) electrons. The van der Waals surface area contributed by atoms with E-state index in [9.17, 15) is 33.6 Å². The number of esters is 1. The molecule has 79 heavy (non-hydrogen) atoms. The molecule has 6 bridgehead atoms. The highest BCUT2D eigenvalue weighted by Crippen LogP contribution is 2.34. The van der Waals surface area contributed by atoms with E-state index in [2.05, 4.69) is 40.2 Å². The minimum absolute atomic E-state index is 0.247. The van der Waals surface area contributed by atoms with Gasteiger partial charge in [-0.25, -0.2) is 4.79 Å². The zero-order valence-corrected chi connectivity index (χ0v) is 46.6. The Kier molecular flexibility index (Phi) is 19.1. The van der Waals surface area contributed by atoms with Crippen LogP contribution in [-0.2, 0) is 46.3 Å². The Morgan fingerprint density at radius 3 is 1.15 bits per heavy atom. The zero-order valence-electron chi connectivity index (χ0n) is 45.7. The fourth-order valence-corrected chi connectivity index (χ4v) is 14.6. The van der Waals surface area contributed by atoms with Crippen LogP contribution in [0.3, 0.4) is 0 Å². The lowest BCUT2D eigenvalue weighted by Crippen LogP contribution is -2.57. The number of likely N-dealkylation sites (N-methyl/N-ethyl adjacent to an activating group) is 3. The standard InChI is InChI=1S/C64H75N6O8P/c1-68-49-26-16-23-46(39-49)58(71)65-56(38-44-21-10-5-11-22-44)62(75)69(2)50-27-18-25-48(41-50)60(73)67-57(42-78-64(77)45-33-35-54(36-34-45)79(52-29-12-6-13-30-52)53-31-14-7-15-32-53)63(76)70(3)51-28-17-24-47(40-51)59(72)66-55(61(68)74)37-43-19-8-4-9-20-43/h4-15,19-22,29-36,46-51,55-57H,16-18,23-28,37-42H2,1-3H3,(H,65,71)(H,66,72)(H,67,73)/t46-,47-,48-,49+,50+,51+,55-,56-,57-/m0/s1. The topological polar surface area (TPSA) is 175 Å². The Morgan fingerprint density at radius 2 is 0.772 bits per heavy atom. The molecule has 1 saturated heterocycles. The Hall–Kier alpha value is -7.18. The quantitative estimate of drug-likeness (QED) is 0.104.